The van der Waals surface area contributed by atoms with E-state index in [4.69, 9.17) is 16.3 Å². The summed E-state index contributed by atoms with van der Waals surface area (Å²) < 4.78 is 18.7. The molecule has 0 unspecified atom stereocenters. The van der Waals surface area contributed by atoms with Gasteiger partial charge in [0.1, 0.15) is 5.82 Å². The van der Waals surface area contributed by atoms with Crippen LogP contribution in [0, 0.1) is 16.6 Å². The van der Waals surface area contributed by atoms with Gasteiger partial charge in [0.05, 0.1) is 10.4 Å². The van der Waals surface area contributed by atoms with Crippen LogP contribution in [0.2, 0.25) is 5.02 Å². The molecule has 4 nitrogen and oxygen atoms in total. The molecule has 2 aliphatic rings. The molecule has 22 heavy (non-hydrogen) atoms. The molecule has 0 radical (unpaired) electrons. The van der Waals surface area contributed by atoms with Crippen LogP contribution in [0.15, 0.2) is 18.2 Å². The topological polar surface area (TPSA) is 55.4 Å². The first-order chi connectivity index (χ1) is 10.1. The van der Waals surface area contributed by atoms with Crippen molar-refractivity contribution in [3.63, 3.8) is 0 Å². The van der Waals surface area contributed by atoms with Crippen molar-refractivity contribution < 1.29 is 18.7 Å². The Balaban J connectivity index is 1.92. The van der Waals surface area contributed by atoms with Gasteiger partial charge in [-0.15, -0.1) is 0 Å². The third-order valence-corrected chi connectivity index (χ3v) is 5.92. The Bertz CT molecular complexity index is 690. The van der Waals surface area contributed by atoms with Gasteiger partial charge in [0.25, 0.3) is 5.91 Å². The molecule has 1 amide bonds. The highest BCUT2D eigenvalue weighted by Gasteiger charge is 2.75. The standard InChI is InChI=1S/C16H17ClFNO3/c1-14(2)15(3)6-7-16(14,22-13(15)21)12(20)19-9-4-5-11(18)10(17)8-9/h4-5,8H,6-7H2,1-3H3,(H,19,20)/t15-,16+/m0/s1. The fourth-order valence-electron chi connectivity index (χ4n) is 3.55. The van der Waals surface area contributed by atoms with Gasteiger partial charge < -0.3 is 10.1 Å². The van der Waals surface area contributed by atoms with E-state index in [1.165, 1.54) is 18.2 Å². The number of carbonyl (C=O) groups excluding carboxylic acids is 2. The Kier molecular flexibility index (Phi) is 3.09. The average molecular weight is 326 g/mol. The molecule has 118 valence electrons. The second-order valence-electron chi connectivity index (χ2n) is 6.76. The van der Waals surface area contributed by atoms with Crippen LogP contribution in [0.1, 0.15) is 33.6 Å². The number of nitrogens with one attached hydrogen (secondary N) is 1. The molecule has 1 N–H and O–H groups in total. The van der Waals surface area contributed by atoms with Gasteiger partial charge in [0.15, 0.2) is 5.60 Å². The van der Waals surface area contributed by atoms with Gasteiger partial charge in [-0.05, 0) is 38.0 Å². The van der Waals surface area contributed by atoms with E-state index in [0.29, 0.717) is 18.5 Å². The third kappa shape index (κ3) is 1.69. The molecule has 2 fully saturated rings. The van der Waals surface area contributed by atoms with Gasteiger partial charge in [0.2, 0.25) is 0 Å². The van der Waals surface area contributed by atoms with Crippen molar-refractivity contribution in [1.29, 1.82) is 0 Å². The second-order valence-corrected chi connectivity index (χ2v) is 7.16. The van der Waals surface area contributed by atoms with Crippen molar-refractivity contribution in [2.24, 2.45) is 10.8 Å². The SMILES string of the molecule is CC1(C)[C@@]2(C)CC[C@]1(C(=O)Nc1ccc(F)c(Cl)c1)OC2=O. The smallest absolute Gasteiger partial charge is 0.313 e. The maximum atomic E-state index is 13.2. The highest BCUT2D eigenvalue weighted by atomic mass is 35.5. The second kappa shape index (κ2) is 4.44. The Morgan fingerprint density at radius 2 is 2.00 bits per heavy atom. The zero-order chi connectivity index (χ0) is 16.3. The van der Waals surface area contributed by atoms with E-state index >= 15 is 0 Å². The lowest BCUT2D eigenvalue weighted by Gasteiger charge is -2.35. The van der Waals surface area contributed by atoms with E-state index in [0.717, 1.165) is 0 Å². The number of ether oxygens (including phenoxy) is 1. The van der Waals surface area contributed by atoms with Crippen molar-refractivity contribution in [1.82, 2.24) is 0 Å². The number of anilines is 1. The number of rotatable bonds is 2. The molecule has 1 aromatic rings. The number of fused-ring (bicyclic) bond motifs is 2. The van der Waals surface area contributed by atoms with Crippen LogP contribution in [0.4, 0.5) is 10.1 Å². The lowest BCUT2D eigenvalue weighted by Crippen LogP contribution is -2.50. The first-order valence-electron chi connectivity index (χ1n) is 7.14. The zero-order valence-corrected chi connectivity index (χ0v) is 13.4. The summed E-state index contributed by atoms with van der Waals surface area (Å²) in [7, 11) is 0. The monoisotopic (exact) mass is 325 g/mol. The number of esters is 1. The lowest BCUT2D eigenvalue weighted by atomic mass is 9.66. The minimum atomic E-state index is -1.19. The van der Waals surface area contributed by atoms with Gasteiger partial charge in [-0.2, -0.15) is 0 Å². The van der Waals surface area contributed by atoms with Crippen molar-refractivity contribution in [3.8, 4) is 0 Å². The van der Waals surface area contributed by atoms with Crippen molar-refractivity contribution in [3.05, 3.63) is 29.0 Å². The molecule has 1 aliphatic carbocycles. The van der Waals surface area contributed by atoms with Crippen LogP contribution in [-0.2, 0) is 14.3 Å². The number of benzene rings is 1. The first kappa shape index (κ1) is 15.3. The van der Waals surface area contributed by atoms with Crippen LogP contribution < -0.4 is 5.32 Å². The maximum absolute atomic E-state index is 13.2. The molecule has 2 bridgehead atoms. The molecule has 0 spiro atoms. The van der Waals surface area contributed by atoms with Gasteiger partial charge >= 0.3 is 5.97 Å². The minimum Gasteiger partial charge on any atom is -0.448 e. The molecule has 1 heterocycles. The lowest BCUT2D eigenvalue weighted by molar-refractivity contribution is -0.165. The van der Waals surface area contributed by atoms with E-state index in [-0.39, 0.29) is 11.0 Å². The Morgan fingerprint density at radius 3 is 2.50 bits per heavy atom. The Morgan fingerprint density at radius 1 is 1.32 bits per heavy atom. The minimum absolute atomic E-state index is 0.0748. The Labute approximate surface area is 133 Å². The first-order valence-corrected chi connectivity index (χ1v) is 7.52. The zero-order valence-electron chi connectivity index (χ0n) is 12.6. The maximum Gasteiger partial charge on any atom is 0.313 e. The summed E-state index contributed by atoms with van der Waals surface area (Å²) in [5, 5.41) is 2.62. The third-order valence-electron chi connectivity index (χ3n) is 5.63. The Hall–Kier alpha value is -1.62. The van der Waals surface area contributed by atoms with Crippen molar-refractivity contribution in [2.45, 2.75) is 39.2 Å². The quantitative estimate of drug-likeness (QED) is 0.846. The predicted octanol–water partition coefficient (Wildman–Crippen LogP) is 3.54. The van der Waals surface area contributed by atoms with Gasteiger partial charge in [-0.1, -0.05) is 25.4 Å². The normalized spacial score (nSPS) is 32.0. The molecule has 1 saturated heterocycles. The summed E-state index contributed by atoms with van der Waals surface area (Å²) in [4.78, 5) is 24.9. The summed E-state index contributed by atoms with van der Waals surface area (Å²) in [5.74, 6) is -1.29. The summed E-state index contributed by atoms with van der Waals surface area (Å²) in [5.41, 5.74) is -2.10. The van der Waals surface area contributed by atoms with Crippen LogP contribution in [0.5, 0.6) is 0 Å². The largest absolute Gasteiger partial charge is 0.448 e. The molecule has 3 rings (SSSR count). The van der Waals surface area contributed by atoms with Crippen LogP contribution in [0.25, 0.3) is 0 Å². The fourth-order valence-corrected chi connectivity index (χ4v) is 3.73. The van der Waals surface area contributed by atoms with E-state index < -0.39 is 28.2 Å². The molecule has 0 aromatic heterocycles. The molecule has 1 aliphatic heterocycles. The highest BCUT2D eigenvalue weighted by molar-refractivity contribution is 6.31. The van der Waals surface area contributed by atoms with Crippen molar-refractivity contribution in [2.75, 3.05) is 5.32 Å². The summed E-state index contributed by atoms with van der Waals surface area (Å²) >= 11 is 5.72. The van der Waals surface area contributed by atoms with E-state index in [9.17, 15) is 14.0 Å². The number of hydrogen-bond acceptors (Lipinski definition) is 3. The van der Waals surface area contributed by atoms with Crippen LogP contribution >= 0.6 is 11.6 Å². The fraction of sp³-hybridized carbons (Fsp3) is 0.500. The summed E-state index contributed by atoms with van der Waals surface area (Å²) in [6.45, 7) is 5.59. The van der Waals surface area contributed by atoms with Crippen LogP contribution in [-0.4, -0.2) is 17.5 Å². The molecule has 2 atom stereocenters. The van der Waals surface area contributed by atoms with Crippen LogP contribution in [0.3, 0.4) is 0 Å². The number of amides is 1. The number of hydrogen-bond donors (Lipinski definition) is 1. The molecular formula is C16H17ClFNO3. The van der Waals surface area contributed by atoms with E-state index in [1.54, 1.807) is 0 Å². The summed E-state index contributed by atoms with van der Waals surface area (Å²) in [6, 6.07) is 3.94. The molecular weight excluding hydrogens is 309 g/mol. The van der Waals surface area contributed by atoms with E-state index in [1.807, 2.05) is 20.8 Å². The predicted molar refractivity (Wildman–Crippen MR) is 80.0 cm³/mol. The average Bonchev–Trinajstić information content (AvgIpc) is 2.73. The van der Waals surface area contributed by atoms with E-state index in [2.05, 4.69) is 5.32 Å². The molecule has 1 saturated carbocycles. The number of halogens is 2. The highest BCUT2D eigenvalue weighted by Crippen LogP contribution is 2.65. The molecule has 1 aromatic carbocycles. The molecule has 6 heteroatoms. The summed E-state index contributed by atoms with van der Waals surface area (Å²) in [6.07, 6.45) is 1.08. The van der Waals surface area contributed by atoms with Crippen molar-refractivity contribution >= 4 is 29.2 Å². The number of carbonyl (C=O) groups is 2. The van der Waals surface area contributed by atoms with Gasteiger partial charge in [-0.25, -0.2) is 4.39 Å². The van der Waals surface area contributed by atoms with Gasteiger partial charge in [-0.3, -0.25) is 9.59 Å². The van der Waals surface area contributed by atoms with Gasteiger partial charge in [0, 0.05) is 11.1 Å².